The van der Waals surface area contributed by atoms with Crippen molar-refractivity contribution < 1.29 is 9.59 Å². The van der Waals surface area contributed by atoms with Crippen LogP contribution in [-0.2, 0) is 4.79 Å². The van der Waals surface area contributed by atoms with Gasteiger partial charge >= 0.3 is 6.03 Å². The fraction of sp³-hybridized carbons (Fsp3) is 0.938. The largest absolute Gasteiger partial charge is 0.338 e. The highest BCUT2D eigenvalue weighted by molar-refractivity contribution is 5.78. The standard InChI is InChI=1S/C12H22N2O.C11H21N3O.C9H19N/c1-10(2)13-7-3-5-11(9-13)14-8-4-6-12(14)15;1-9(2)13-6-3-4-10(8-13)14-7-5-12-11(14)15;1-8(2)10-6-4-5-9(3)7-10/h10-11H,3-9H2,1-2H3;9-10H,3-8H2,1-2H3,(H,12,15);8-9H,4-7H2,1-3H3. The minimum absolute atomic E-state index is 0.130. The van der Waals surface area contributed by atoms with Gasteiger partial charge in [0.1, 0.15) is 0 Å². The molecule has 0 spiro atoms. The van der Waals surface area contributed by atoms with Crippen LogP contribution in [0.15, 0.2) is 0 Å². The van der Waals surface area contributed by atoms with Crippen molar-refractivity contribution in [2.24, 2.45) is 5.92 Å². The third kappa shape index (κ3) is 9.87. The molecule has 5 aliphatic rings. The molecular formula is C32H62N6O2. The van der Waals surface area contributed by atoms with Crippen LogP contribution in [0, 0.1) is 5.92 Å². The zero-order chi connectivity index (χ0) is 29.2. The highest BCUT2D eigenvalue weighted by Gasteiger charge is 2.33. The molecule has 0 radical (unpaired) electrons. The molecular weight excluding hydrogens is 500 g/mol. The Morgan fingerprint density at radius 2 is 1.12 bits per heavy atom. The van der Waals surface area contributed by atoms with Gasteiger partial charge in [0, 0.05) is 75.9 Å². The van der Waals surface area contributed by atoms with Gasteiger partial charge in [-0.1, -0.05) is 6.92 Å². The van der Waals surface area contributed by atoms with Crippen LogP contribution in [0.3, 0.4) is 0 Å². The Kier molecular flexibility index (Phi) is 13.5. The van der Waals surface area contributed by atoms with E-state index in [9.17, 15) is 9.59 Å². The summed E-state index contributed by atoms with van der Waals surface area (Å²) in [5, 5.41) is 2.88. The van der Waals surface area contributed by atoms with E-state index in [4.69, 9.17) is 0 Å². The van der Waals surface area contributed by atoms with E-state index in [1.54, 1.807) is 0 Å². The number of hydrogen-bond acceptors (Lipinski definition) is 5. The van der Waals surface area contributed by atoms with Gasteiger partial charge in [0.25, 0.3) is 0 Å². The quantitative estimate of drug-likeness (QED) is 0.535. The number of nitrogens with zero attached hydrogens (tertiary/aromatic N) is 5. The number of piperidine rings is 3. The molecule has 3 amide bonds. The van der Waals surface area contributed by atoms with Gasteiger partial charge in [0.05, 0.1) is 0 Å². The predicted molar refractivity (Wildman–Crippen MR) is 166 cm³/mol. The van der Waals surface area contributed by atoms with Crippen LogP contribution >= 0.6 is 0 Å². The van der Waals surface area contributed by atoms with Gasteiger partial charge in [0.2, 0.25) is 5.91 Å². The summed E-state index contributed by atoms with van der Waals surface area (Å²) in [6, 6.07) is 3.03. The van der Waals surface area contributed by atoms with Gasteiger partial charge < -0.3 is 20.0 Å². The lowest BCUT2D eigenvalue weighted by molar-refractivity contribution is -0.130. The van der Waals surface area contributed by atoms with Crippen LogP contribution in [0.25, 0.3) is 0 Å². The van der Waals surface area contributed by atoms with Crippen LogP contribution in [0.5, 0.6) is 0 Å². The topological polar surface area (TPSA) is 62.4 Å². The summed E-state index contributed by atoms with van der Waals surface area (Å²) in [5.74, 6) is 1.31. The molecule has 5 saturated heterocycles. The van der Waals surface area contributed by atoms with Gasteiger partial charge in [-0.2, -0.15) is 0 Å². The summed E-state index contributed by atoms with van der Waals surface area (Å²) in [6.45, 7) is 25.7. The third-order valence-electron chi connectivity index (χ3n) is 9.62. The monoisotopic (exact) mass is 562 g/mol. The summed E-state index contributed by atoms with van der Waals surface area (Å²) in [6.07, 6.45) is 9.50. The highest BCUT2D eigenvalue weighted by Crippen LogP contribution is 2.23. The first-order chi connectivity index (χ1) is 19.1. The third-order valence-corrected chi connectivity index (χ3v) is 9.62. The Morgan fingerprint density at radius 1 is 0.625 bits per heavy atom. The fourth-order valence-electron chi connectivity index (χ4n) is 7.00. The molecule has 40 heavy (non-hydrogen) atoms. The second-order valence-electron chi connectivity index (χ2n) is 13.7. The molecule has 3 unspecified atom stereocenters. The van der Waals surface area contributed by atoms with Crippen molar-refractivity contribution in [3.63, 3.8) is 0 Å². The van der Waals surface area contributed by atoms with E-state index in [1.807, 2.05) is 4.90 Å². The zero-order valence-electron chi connectivity index (χ0n) is 27.0. The Morgan fingerprint density at radius 3 is 1.52 bits per heavy atom. The van der Waals surface area contributed by atoms with Crippen molar-refractivity contribution in [2.45, 2.75) is 130 Å². The van der Waals surface area contributed by atoms with E-state index in [0.717, 1.165) is 63.9 Å². The molecule has 5 rings (SSSR count). The van der Waals surface area contributed by atoms with Gasteiger partial charge in [-0.15, -0.1) is 0 Å². The van der Waals surface area contributed by atoms with Crippen LogP contribution in [-0.4, -0.2) is 126 Å². The molecule has 5 fully saturated rings. The van der Waals surface area contributed by atoms with Crippen molar-refractivity contribution in [3.05, 3.63) is 0 Å². The number of amides is 3. The van der Waals surface area contributed by atoms with Crippen LogP contribution in [0.4, 0.5) is 4.79 Å². The predicted octanol–water partition coefficient (Wildman–Crippen LogP) is 4.49. The lowest BCUT2D eigenvalue weighted by Crippen LogP contribution is -2.50. The lowest BCUT2D eigenvalue weighted by atomic mass is 9.99. The van der Waals surface area contributed by atoms with Gasteiger partial charge in [-0.05, 0) is 112 Å². The lowest BCUT2D eigenvalue weighted by Gasteiger charge is -2.39. The maximum absolute atomic E-state index is 11.7. The van der Waals surface area contributed by atoms with Gasteiger partial charge in [-0.25, -0.2) is 4.79 Å². The summed E-state index contributed by atoms with van der Waals surface area (Å²) in [7, 11) is 0. The van der Waals surface area contributed by atoms with E-state index < -0.39 is 0 Å². The highest BCUT2D eigenvalue weighted by atomic mass is 16.2. The smallest absolute Gasteiger partial charge is 0.317 e. The first-order valence-electron chi connectivity index (χ1n) is 16.6. The molecule has 0 aromatic rings. The number of likely N-dealkylation sites (tertiary alicyclic amines) is 4. The zero-order valence-corrected chi connectivity index (χ0v) is 27.0. The molecule has 232 valence electrons. The first kappa shape index (κ1) is 33.1. The van der Waals surface area contributed by atoms with Gasteiger partial charge in [-0.3, -0.25) is 14.6 Å². The Labute approximate surface area is 246 Å². The molecule has 3 atom stereocenters. The Bertz CT molecular complexity index is 725. The molecule has 0 aromatic heterocycles. The van der Waals surface area contributed by atoms with Crippen molar-refractivity contribution >= 4 is 11.9 Å². The SMILES string of the molecule is CC(C)N1CCCC(N2CCCC2=O)C1.CC(C)N1CCCC(N2CCNC2=O)C1.CC1CCCN(C(C)C)C1. The van der Waals surface area contributed by atoms with E-state index in [1.165, 1.54) is 58.3 Å². The molecule has 0 bridgehead atoms. The average Bonchev–Trinajstić information content (AvgIpc) is 3.57. The molecule has 1 N–H and O–H groups in total. The first-order valence-corrected chi connectivity index (χ1v) is 16.6. The number of carbonyl (C=O) groups excluding carboxylic acids is 2. The van der Waals surface area contributed by atoms with Gasteiger partial charge in [0.15, 0.2) is 0 Å². The molecule has 0 aliphatic carbocycles. The summed E-state index contributed by atoms with van der Waals surface area (Å²) in [5.41, 5.74) is 0. The van der Waals surface area contributed by atoms with Crippen molar-refractivity contribution in [1.29, 1.82) is 0 Å². The van der Waals surface area contributed by atoms with E-state index >= 15 is 0 Å². The molecule has 8 heteroatoms. The number of carbonyl (C=O) groups is 2. The van der Waals surface area contributed by atoms with Crippen LogP contribution < -0.4 is 5.32 Å². The minimum Gasteiger partial charge on any atom is -0.338 e. The molecule has 5 heterocycles. The van der Waals surface area contributed by atoms with Crippen LogP contribution in [0.2, 0.25) is 0 Å². The van der Waals surface area contributed by atoms with E-state index in [2.05, 4.69) is 73.4 Å². The Hall–Kier alpha value is -1.38. The molecule has 5 aliphatic heterocycles. The maximum Gasteiger partial charge on any atom is 0.317 e. The second kappa shape index (κ2) is 16.3. The number of urea groups is 1. The second-order valence-corrected chi connectivity index (χ2v) is 13.7. The molecule has 0 aromatic carbocycles. The average molecular weight is 563 g/mol. The fourth-order valence-corrected chi connectivity index (χ4v) is 7.00. The minimum atomic E-state index is 0.130. The molecule has 8 nitrogen and oxygen atoms in total. The maximum atomic E-state index is 11.7. The van der Waals surface area contributed by atoms with E-state index in [0.29, 0.717) is 30.1 Å². The number of nitrogens with one attached hydrogen (secondary N) is 1. The molecule has 0 saturated carbocycles. The summed E-state index contributed by atoms with van der Waals surface area (Å²) in [4.78, 5) is 34.9. The Balaban J connectivity index is 0.000000169. The van der Waals surface area contributed by atoms with Crippen molar-refractivity contribution in [3.8, 4) is 0 Å². The van der Waals surface area contributed by atoms with Crippen LogP contribution in [0.1, 0.15) is 99.8 Å². The van der Waals surface area contributed by atoms with E-state index in [-0.39, 0.29) is 6.03 Å². The summed E-state index contributed by atoms with van der Waals surface area (Å²) < 4.78 is 0. The summed E-state index contributed by atoms with van der Waals surface area (Å²) >= 11 is 0. The van der Waals surface area contributed by atoms with Crippen molar-refractivity contribution in [2.75, 3.05) is 58.9 Å². The number of rotatable bonds is 5. The normalized spacial score (nSPS) is 29.0. The number of hydrogen-bond donors (Lipinski definition) is 1. The van der Waals surface area contributed by atoms with Crippen molar-refractivity contribution in [1.82, 2.24) is 29.8 Å².